The molecule has 0 aliphatic heterocycles. The number of allylic oxidation sites excluding steroid dienone is 2. The van der Waals surface area contributed by atoms with E-state index in [0.29, 0.717) is 5.82 Å². The van der Waals surface area contributed by atoms with Crippen LogP contribution < -0.4 is 10.6 Å². The first-order valence-electron chi connectivity index (χ1n) is 11.5. The lowest BCUT2D eigenvalue weighted by molar-refractivity contribution is 0.662. The fraction of sp³-hybridized carbons (Fsp3) is 0.440. The maximum absolute atomic E-state index is 4.51. The Kier molecular flexibility index (Phi) is 13.2. The van der Waals surface area contributed by atoms with Crippen LogP contribution in [0.25, 0.3) is 11.2 Å². The highest BCUT2D eigenvalue weighted by atomic mass is 15.1. The molecule has 0 aliphatic rings. The minimum atomic E-state index is 0.702. The Balaban J connectivity index is 0.000000488. The van der Waals surface area contributed by atoms with Crippen LogP contribution in [0.3, 0.4) is 0 Å². The van der Waals surface area contributed by atoms with Crippen LogP contribution in [0.4, 0.5) is 11.5 Å². The largest absolute Gasteiger partial charge is 0.337 e. The van der Waals surface area contributed by atoms with Crippen LogP contribution in [0.1, 0.15) is 58.8 Å². The number of anilines is 2. The normalized spacial score (nSPS) is 11.0. The van der Waals surface area contributed by atoms with Crippen molar-refractivity contribution >= 4 is 28.9 Å². The van der Waals surface area contributed by atoms with Crippen LogP contribution in [0.5, 0.6) is 0 Å². The maximum atomic E-state index is 4.51. The molecule has 7 nitrogen and oxygen atoms in total. The van der Waals surface area contributed by atoms with E-state index in [0.717, 1.165) is 28.3 Å². The summed E-state index contributed by atoms with van der Waals surface area (Å²) in [6.07, 6.45) is 13.6. The van der Waals surface area contributed by atoms with E-state index in [1.807, 2.05) is 68.9 Å². The molecule has 0 fully saturated rings. The summed E-state index contributed by atoms with van der Waals surface area (Å²) in [5.41, 5.74) is 4.63. The van der Waals surface area contributed by atoms with E-state index in [4.69, 9.17) is 0 Å². The number of aromatic nitrogens is 4. The molecule has 3 aromatic rings. The molecule has 0 spiro atoms. The molecule has 3 aromatic heterocycles. The molecule has 0 atom stereocenters. The molecule has 174 valence electrons. The summed E-state index contributed by atoms with van der Waals surface area (Å²) in [7, 11) is 1.76. The molecule has 0 unspecified atom stereocenters. The standard InChI is InChI=1S/C17H18N6.C6H15N.C2H6/c1-4-13(10-18-3)15-11-21-17-16(20-7-8-23(15)17)22-14-5-6-19-12(2)9-14;1-3-5-7-6-4-2;1-2/h4-11H,1-3H3,(H,19,20,22);7H,3-6H2,1-2H3;1-2H3/b13-4+,18-10?;;. The summed E-state index contributed by atoms with van der Waals surface area (Å²) in [4.78, 5) is 17.2. The lowest BCUT2D eigenvalue weighted by Gasteiger charge is -2.08. The monoisotopic (exact) mass is 437 g/mol. The number of hydrogen-bond donors (Lipinski definition) is 2. The van der Waals surface area contributed by atoms with E-state index >= 15 is 0 Å². The Bertz CT molecular complexity index is 969. The zero-order chi connectivity index (χ0) is 23.8. The van der Waals surface area contributed by atoms with Gasteiger partial charge in [0.15, 0.2) is 11.5 Å². The molecule has 32 heavy (non-hydrogen) atoms. The van der Waals surface area contributed by atoms with Gasteiger partial charge in [-0.1, -0.05) is 33.8 Å². The number of pyridine rings is 1. The molecule has 0 radical (unpaired) electrons. The van der Waals surface area contributed by atoms with E-state index in [-0.39, 0.29) is 0 Å². The SMILES string of the molecule is C/C=C(\C=NC)c1cnc2c(Nc3ccnc(C)c3)nccn12.CC.CCCNCCC. The van der Waals surface area contributed by atoms with E-state index in [9.17, 15) is 0 Å². The zero-order valence-corrected chi connectivity index (χ0v) is 20.7. The number of imidazole rings is 1. The molecule has 0 amide bonds. The van der Waals surface area contributed by atoms with Crippen molar-refractivity contribution in [1.29, 1.82) is 0 Å². The Labute approximate surface area is 193 Å². The predicted octanol–water partition coefficient (Wildman–Crippen LogP) is 5.70. The third kappa shape index (κ3) is 8.23. The molecule has 0 aromatic carbocycles. The average Bonchev–Trinajstić information content (AvgIpc) is 3.25. The van der Waals surface area contributed by atoms with Crippen LogP contribution in [-0.4, -0.2) is 45.7 Å². The fourth-order valence-electron chi connectivity index (χ4n) is 2.89. The van der Waals surface area contributed by atoms with Crippen molar-refractivity contribution in [3.8, 4) is 0 Å². The highest BCUT2D eigenvalue weighted by Gasteiger charge is 2.11. The summed E-state index contributed by atoms with van der Waals surface area (Å²) in [6, 6.07) is 3.87. The first-order valence-corrected chi connectivity index (χ1v) is 11.5. The summed E-state index contributed by atoms with van der Waals surface area (Å²) < 4.78 is 2.00. The number of aryl methyl sites for hydroxylation is 1. The van der Waals surface area contributed by atoms with Gasteiger partial charge in [0.1, 0.15) is 0 Å². The Morgan fingerprint density at radius 3 is 2.41 bits per heavy atom. The second kappa shape index (κ2) is 15.7. The van der Waals surface area contributed by atoms with E-state index in [1.165, 1.54) is 25.9 Å². The number of fused-ring (bicyclic) bond motifs is 1. The van der Waals surface area contributed by atoms with Gasteiger partial charge in [-0.15, -0.1) is 0 Å². The van der Waals surface area contributed by atoms with Gasteiger partial charge in [0, 0.05) is 48.8 Å². The predicted molar refractivity (Wildman–Crippen MR) is 138 cm³/mol. The second-order valence-electron chi connectivity index (χ2n) is 6.81. The van der Waals surface area contributed by atoms with Gasteiger partial charge in [-0.25, -0.2) is 9.97 Å². The van der Waals surface area contributed by atoms with Gasteiger partial charge in [0.05, 0.1) is 11.9 Å². The lowest BCUT2D eigenvalue weighted by atomic mass is 10.2. The summed E-state index contributed by atoms with van der Waals surface area (Å²) in [5, 5.41) is 6.59. The van der Waals surface area contributed by atoms with Crippen molar-refractivity contribution in [2.45, 2.75) is 54.4 Å². The number of nitrogens with one attached hydrogen (secondary N) is 2. The van der Waals surface area contributed by atoms with Crippen LogP contribution in [0.15, 0.2) is 48.0 Å². The molecule has 2 N–H and O–H groups in total. The van der Waals surface area contributed by atoms with E-state index in [1.54, 1.807) is 19.4 Å². The summed E-state index contributed by atoms with van der Waals surface area (Å²) in [5.74, 6) is 0.702. The number of hydrogen-bond acceptors (Lipinski definition) is 6. The van der Waals surface area contributed by atoms with Gasteiger partial charge in [-0.05, 0) is 51.9 Å². The first kappa shape index (κ1) is 27.0. The second-order valence-corrected chi connectivity index (χ2v) is 6.81. The van der Waals surface area contributed by atoms with Crippen LogP contribution in [-0.2, 0) is 0 Å². The molecular weight excluding hydrogens is 398 g/mol. The lowest BCUT2D eigenvalue weighted by Crippen LogP contribution is -2.14. The topological polar surface area (TPSA) is 79.5 Å². The van der Waals surface area contributed by atoms with Gasteiger partial charge in [0.2, 0.25) is 0 Å². The van der Waals surface area contributed by atoms with Crippen molar-refractivity contribution in [2.24, 2.45) is 4.99 Å². The molecule has 0 saturated carbocycles. The van der Waals surface area contributed by atoms with Gasteiger partial charge in [-0.3, -0.25) is 14.4 Å². The van der Waals surface area contributed by atoms with Crippen molar-refractivity contribution in [1.82, 2.24) is 24.7 Å². The third-order valence-corrected chi connectivity index (χ3v) is 4.32. The van der Waals surface area contributed by atoms with Crippen molar-refractivity contribution < 1.29 is 0 Å². The Morgan fingerprint density at radius 2 is 1.81 bits per heavy atom. The van der Waals surface area contributed by atoms with Crippen molar-refractivity contribution in [3.63, 3.8) is 0 Å². The van der Waals surface area contributed by atoms with Crippen LogP contribution in [0, 0.1) is 6.92 Å². The van der Waals surface area contributed by atoms with Gasteiger partial charge < -0.3 is 10.6 Å². The Morgan fingerprint density at radius 1 is 1.09 bits per heavy atom. The summed E-state index contributed by atoms with van der Waals surface area (Å²) in [6.45, 7) is 14.7. The highest BCUT2D eigenvalue weighted by molar-refractivity contribution is 6.09. The molecule has 0 bridgehead atoms. The molecule has 0 aliphatic carbocycles. The minimum absolute atomic E-state index is 0.702. The van der Waals surface area contributed by atoms with Gasteiger partial charge in [-0.2, -0.15) is 0 Å². The van der Waals surface area contributed by atoms with Gasteiger partial charge in [0.25, 0.3) is 0 Å². The van der Waals surface area contributed by atoms with E-state index in [2.05, 4.69) is 44.4 Å². The molecular formula is C25H39N7. The summed E-state index contributed by atoms with van der Waals surface area (Å²) >= 11 is 0. The van der Waals surface area contributed by atoms with Crippen LogP contribution in [0.2, 0.25) is 0 Å². The fourth-order valence-corrected chi connectivity index (χ4v) is 2.89. The molecule has 3 rings (SSSR count). The smallest absolute Gasteiger partial charge is 0.180 e. The van der Waals surface area contributed by atoms with Crippen LogP contribution >= 0.6 is 0 Å². The quantitative estimate of drug-likeness (QED) is 0.349. The third-order valence-electron chi connectivity index (χ3n) is 4.32. The Hall–Kier alpha value is -3.06. The van der Waals surface area contributed by atoms with Gasteiger partial charge >= 0.3 is 0 Å². The molecule has 7 heteroatoms. The molecule has 3 heterocycles. The number of aliphatic imine (C=N–C) groups is 1. The average molecular weight is 438 g/mol. The van der Waals surface area contributed by atoms with E-state index < -0.39 is 0 Å². The highest BCUT2D eigenvalue weighted by Crippen LogP contribution is 2.22. The van der Waals surface area contributed by atoms with Crippen molar-refractivity contribution in [2.75, 3.05) is 25.5 Å². The maximum Gasteiger partial charge on any atom is 0.180 e. The first-order chi connectivity index (χ1) is 15.6. The molecule has 0 saturated heterocycles. The minimum Gasteiger partial charge on any atom is -0.337 e. The number of rotatable bonds is 8. The zero-order valence-electron chi connectivity index (χ0n) is 20.7. The number of nitrogens with zero attached hydrogens (tertiary/aromatic N) is 5. The van der Waals surface area contributed by atoms with Crippen molar-refractivity contribution in [3.05, 3.63) is 54.4 Å².